The van der Waals surface area contributed by atoms with Gasteiger partial charge < -0.3 is 4.74 Å². The third-order valence-electron chi connectivity index (χ3n) is 3.10. The van der Waals surface area contributed by atoms with Gasteiger partial charge in [-0.2, -0.15) is 0 Å². The van der Waals surface area contributed by atoms with Crippen LogP contribution in [0.1, 0.15) is 11.1 Å². The van der Waals surface area contributed by atoms with E-state index in [9.17, 15) is 0 Å². The smallest absolute Gasteiger partial charge is 0.156 e. The van der Waals surface area contributed by atoms with Gasteiger partial charge in [-0.1, -0.05) is 72.0 Å². The van der Waals surface area contributed by atoms with E-state index in [1.165, 1.54) is 11.0 Å². The Morgan fingerprint density at radius 3 is 2.58 bits per heavy atom. The van der Waals surface area contributed by atoms with E-state index < -0.39 is 0 Å². The van der Waals surface area contributed by atoms with Gasteiger partial charge in [-0.3, -0.25) is 0 Å². The van der Waals surface area contributed by atoms with Crippen molar-refractivity contribution in [2.75, 3.05) is 7.11 Å². The summed E-state index contributed by atoms with van der Waals surface area (Å²) in [6.07, 6.45) is 5.18. The van der Waals surface area contributed by atoms with Crippen molar-refractivity contribution in [2.45, 2.75) is 13.2 Å². The molecule has 0 saturated carbocycles. The van der Waals surface area contributed by atoms with Gasteiger partial charge in [0, 0.05) is 5.56 Å². The lowest BCUT2D eigenvalue weighted by Gasteiger charge is -2.04. The quantitative estimate of drug-likeness (QED) is 0.737. The van der Waals surface area contributed by atoms with Gasteiger partial charge in [0.15, 0.2) is 7.28 Å². The molecule has 0 aromatic heterocycles. The first kappa shape index (κ1) is 13.5. The van der Waals surface area contributed by atoms with E-state index in [1.54, 1.807) is 7.11 Å². The van der Waals surface area contributed by atoms with Crippen LogP contribution in [-0.2, 0) is 0 Å². The topological polar surface area (TPSA) is 9.23 Å². The average molecular weight is 249 g/mol. The molecule has 0 aliphatic heterocycles. The highest BCUT2D eigenvalue weighted by Gasteiger charge is 1.98. The molecule has 0 amide bonds. The molecule has 0 saturated heterocycles. The number of benzene rings is 2. The van der Waals surface area contributed by atoms with Crippen molar-refractivity contribution in [1.29, 1.82) is 0 Å². The van der Waals surface area contributed by atoms with Crippen LogP contribution in [0.25, 0.3) is 6.08 Å². The zero-order valence-electron chi connectivity index (χ0n) is 11.5. The molecule has 0 fully saturated rings. The predicted octanol–water partition coefficient (Wildman–Crippen LogP) is 3.46. The Kier molecular flexibility index (Phi) is 4.85. The second-order valence-electron chi connectivity index (χ2n) is 4.44. The second-order valence-corrected chi connectivity index (χ2v) is 4.44. The molecular weight excluding hydrogens is 231 g/mol. The highest BCUT2D eigenvalue weighted by Crippen LogP contribution is 2.18. The van der Waals surface area contributed by atoms with Crippen molar-refractivity contribution in [1.82, 2.24) is 0 Å². The average Bonchev–Trinajstić information content (AvgIpc) is 2.45. The zero-order chi connectivity index (χ0) is 13.5. The summed E-state index contributed by atoms with van der Waals surface area (Å²) in [5, 5.41) is 0. The Balaban J connectivity index is 1.96. The van der Waals surface area contributed by atoms with Gasteiger partial charge in [0.25, 0.3) is 0 Å². The van der Waals surface area contributed by atoms with Gasteiger partial charge >= 0.3 is 0 Å². The summed E-state index contributed by atoms with van der Waals surface area (Å²) in [5.74, 6) is 0.912. The lowest BCUT2D eigenvalue weighted by Crippen LogP contribution is -2.15. The molecule has 0 bridgehead atoms. The third-order valence-corrected chi connectivity index (χ3v) is 3.10. The first-order valence-corrected chi connectivity index (χ1v) is 6.49. The lowest BCUT2D eigenvalue weighted by molar-refractivity contribution is 0.414. The van der Waals surface area contributed by atoms with Gasteiger partial charge in [-0.05, 0) is 13.0 Å². The minimum absolute atomic E-state index is 0.912. The molecule has 0 aliphatic rings. The Morgan fingerprint density at radius 2 is 1.79 bits per heavy atom. The molecule has 1 nitrogen and oxygen atoms in total. The molecular formula is C17H18BO. The van der Waals surface area contributed by atoms with Crippen molar-refractivity contribution in [2.24, 2.45) is 0 Å². The maximum atomic E-state index is 5.32. The van der Waals surface area contributed by atoms with Crippen LogP contribution >= 0.6 is 0 Å². The number of aryl methyl sites for hydroxylation is 1. The van der Waals surface area contributed by atoms with Gasteiger partial charge in [-0.15, -0.1) is 0 Å². The molecule has 95 valence electrons. The maximum Gasteiger partial charge on any atom is 0.156 e. The van der Waals surface area contributed by atoms with Crippen LogP contribution in [0, 0.1) is 6.92 Å². The Bertz CT molecular complexity index is 561. The molecule has 0 aliphatic carbocycles. The molecule has 0 atom stereocenters. The fourth-order valence-electron chi connectivity index (χ4n) is 2.01. The molecule has 19 heavy (non-hydrogen) atoms. The zero-order valence-corrected chi connectivity index (χ0v) is 11.5. The fraction of sp³-hybridized carbons (Fsp3) is 0.176. The first-order chi connectivity index (χ1) is 9.31. The third kappa shape index (κ3) is 3.75. The monoisotopic (exact) mass is 249 g/mol. The number of hydrogen-bond acceptors (Lipinski definition) is 1. The second kappa shape index (κ2) is 6.84. The van der Waals surface area contributed by atoms with E-state index in [0.29, 0.717) is 0 Å². The van der Waals surface area contributed by atoms with E-state index in [2.05, 4.69) is 56.7 Å². The molecule has 2 aromatic carbocycles. The molecule has 0 heterocycles. The number of hydrogen-bond donors (Lipinski definition) is 0. The number of allylic oxidation sites excluding steroid dienone is 1. The predicted molar refractivity (Wildman–Crippen MR) is 83.4 cm³/mol. The Hall–Kier alpha value is -1.96. The Morgan fingerprint density at radius 1 is 1.05 bits per heavy atom. The van der Waals surface area contributed by atoms with Crippen molar-refractivity contribution >= 4 is 18.8 Å². The SMILES string of the molecule is COc1ccccc1C=CC[B]c1ccccc1C. The lowest BCUT2D eigenvalue weighted by atomic mass is 9.65. The van der Waals surface area contributed by atoms with Crippen molar-refractivity contribution < 1.29 is 4.74 Å². The van der Waals surface area contributed by atoms with E-state index in [1.807, 2.05) is 18.2 Å². The molecule has 2 rings (SSSR count). The highest BCUT2D eigenvalue weighted by molar-refractivity contribution is 6.54. The van der Waals surface area contributed by atoms with E-state index in [-0.39, 0.29) is 0 Å². The van der Waals surface area contributed by atoms with Crippen molar-refractivity contribution in [3.8, 4) is 5.75 Å². The minimum atomic E-state index is 0.912. The molecule has 2 heteroatoms. The van der Waals surface area contributed by atoms with E-state index >= 15 is 0 Å². The number of para-hydroxylation sites is 1. The normalized spacial score (nSPS) is 10.6. The molecule has 1 radical (unpaired) electrons. The standard InChI is InChI=1S/C17H18BO/c1-14-8-3-5-11-16(14)18-13-7-10-15-9-4-6-12-17(15)19-2/h3-12H,13H2,1-2H3. The highest BCUT2D eigenvalue weighted by atomic mass is 16.5. The van der Waals surface area contributed by atoms with E-state index in [4.69, 9.17) is 4.74 Å². The number of rotatable bonds is 5. The van der Waals surface area contributed by atoms with Crippen LogP contribution in [-0.4, -0.2) is 14.4 Å². The molecule has 0 spiro atoms. The van der Waals surface area contributed by atoms with Crippen LogP contribution in [0.2, 0.25) is 6.32 Å². The summed E-state index contributed by atoms with van der Waals surface area (Å²) in [6, 6.07) is 16.5. The number of ether oxygens (including phenoxy) is 1. The van der Waals surface area contributed by atoms with Crippen LogP contribution in [0.4, 0.5) is 0 Å². The van der Waals surface area contributed by atoms with E-state index in [0.717, 1.165) is 17.6 Å². The van der Waals surface area contributed by atoms with Crippen LogP contribution in [0.15, 0.2) is 54.6 Å². The van der Waals surface area contributed by atoms with Crippen LogP contribution in [0.5, 0.6) is 5.75 Å². The summed E-state index contributed by atoms with van der Waals surface area (Å²) in [4.78, 5) is 0. The van der Waals surface area contributed by atoms with Gasteiger partial charge in [0.1, 0.15) is 5.75 Å². The van der Waals surface area contributed by atoms with Gasteiger partial charge in [0.05, 0.1) is 7.11 Å². The summed E-state index contributed by atoms with van der Waals surface area (Å²) in [7, 11) is 3.94. The number of methoxy groups -OCH3 is 1. The van der Waals surface area contributed by atoms with Crippen LogP contribution < -0.4 is 10.2 Å². The Labute approximate surface area is 116 Å². The molecule has 2 aromatic rings. The summed E-state index contributed by atoms with van der Waals surface area (Å²) >= 11 is 0. The molecule has 0 unspecified atom stereocenters. The summed E-state index contributed by atoms with van der Waals surface area (Å²) in [5.41, 5.74) is 3.73. The first-order valence-electron chi connectivity index (χ1n) is 6.49. The molecule has 0 N–H and O–H groups in total. The van der Waals surface area contributed by atoms with Crippen molar-refractivity contribution in [3.05, 3.63) is 65.7 Å². The van der Waals surface area contributed by atoms with Gasteiger partial charge in [-0.25, -0.2) is 0 Å². The van der Waals surface area contributed by atoms with Crippen molar-refractivity contribution in [3.63, 3.8) is 0 Å². The van der Waals surface area contributed by atoms with Gasteiger partial charge in [0.2, 0.25) is 0 Å². The van der Waals surface area contributed by atoms with Crippen LogP contribution in [0.3, 0.4) is 0 Å². The fourth-order valence-corrected chi connectivity index (χ4v) is 2.01. The summed E-state index contributed by atoms with van der Waals surface area (Å²) in [6.45, 7) is 2.13. The largest absolute Gasteiger partial charge is 0.496 e. The maximum absolute atomic E-state index is 5.32. The minimum Gasteiger partial charge on any atom is -0.496 e. The summed E-state index contributed by atoms with van der Waals surface area (Å²) < 4.78 is 5.32.